The molecule has 2 heterocycles. The first-order chi connectivity index (χ1) is 16.3. The van der Waals surface area contributed by atoms with Gasteiger partial charge in [0.1, 0.15) is 0 Å². The summed E-state index contributed by atoms with van der Waals surface area (Å²) in [6.45, 7) is 0. The van der Waals surface area contributed by atoms with E-state index in [1.165, 1.54) is 53.1 Å². The lowest BCUT2D eigenvalue weighted by molar-refractivity contribution is 1.18. The number of thiophene rings is 1. The second-order valence-electron chi connectivity index (χ2n) is 8.34. The molecule has 5 aromatic carbocycles. The number of nitrogens with zero attached hydrogens (tertiary/aromatic N) is 1. The van der Waals surface area contributed by atoms with Gasteiger partial charge in [-0.1, -0.05) is 78.3 Å². The van der Waals surface area contributed by atoms with Gasteiger partial charge in [0.2, 0.25) is 0 Å². The van der Waals surface area contributed by atoms with Crippen LogP contribution >= 0.6 is 22.9 Å². The van der Waals surface area contributed by atoms with E-state index in [9.17, 15) is 0 Å². The Morgan fingerprint density at radius 2 is 1.18 bits per heavy atom. The molecule has 0 saturated heterocycles. The number of para-hydroxylation sites is 2. The maximum absolute atomic E-state index is 6.57. The highest BCUT2D eigenvalue weighted by molar-refractivity contribution is 7.26. The van der Waals surface area contributed by atoms with Crippen LogP contribution in [-0.4, -0.2) is 4.57 Å². The topological polar surface area (TPSA) is 4.93 Å². The fourth-order valence-electron chi connectivity index (χ4n) is 5.00. The van der Waals surface area contributed by atoms with Gasteiger partial charge in [-0.15, -0.1) is 11.3 Å². The van der Waals surface area contributed by atoms with Crippen molar-refractivity contribution in [2.75, 3.05) is 0 Å². The van der Waals surface area contributed by atoms with Gasteiger partial charge in [-0.3, -0.25) is 0 Å². The van der Waals surface area contributed by atoms with Crippen molar-refractivity contribution >= 4 is 64.9 Å². The van der Waals surface area contributed by atoms with Crippen LogP contribution in [0.5, 0.6) is 0 Å². The molecular formula is C30H18ClNS. The minimum atomic E-state index is 0.771. The molecule has 3 heteroatoms. The number of fused-ring (bicyclic) bond motifs is 6. The van der Waals surface area contributed by atoms with Crippen LogP contribution in [0.4, 0.5) is 0 Å². The summed E-state index contributed by atoms with van der Waals surface area (Å²) >= 11 is 8.41. The van der Waals surface area contributed by atoms with Crippen molar-refractivity contribution in [2.24, 2.45) is 0 Å². The monoisotopic (exact) mass is 459 g/mol. The summed E-state index contributed by atoms with van der Waals surface area (Å²) in [5.74, 6) is 0. The van der Waals surface area contributed by atoms with Crippen molar-refractivity contribution in [3.63, 3.8) is 0 Å². The largest absolute Gasteiger partial charge is 0.309 e. The van der Waals surface area contributed by atoms with E-state index in [4.69, 9.17) is 11.6 Å². The maximum Gasteiger partial charge on any atom is 0.0541 e. The van der Waals surface area contributed by atoms with E-state index < -0.39 is 0 Å². The number of benzene rings is 5. The molecule has 0 amide bonds. The van der Waals surface area contributed by atoms with Crippen LogP contribution in [0, 0.1) is 0 Å². The van der Waals surface area contributed by atoms with Crippen molar-refractivity contribution in [1.29, 1.82) is 0 Å². The van der Waals surface area contributed by atoms with Gasteiger partial charge in [-0.2, -0.15) is 0 Å². The predicted octanol–water partition coefficient (Wildman–Crippen LogP) is 9.47. The zero-order valence-corrected chi connectivity index (χ0v) is 19.2. The molecule has 0 radical (unpaired) electrons. The third kappa shape index (κ3) is 2.85. The molecule has 0 N–H and O–H groups in total. The molecule has 0 aliphatic heterocycles. The first-order valence-electron chi connectivity index (χ1n) is 11.0. The second kappa shape index (κ2) is 7.21. The fraction of sp³-hybridized carbons (Fsp3) is 0. The maximum atomic E-state index is 6.57. The summed E-state index contributed by atoms with van der Waals surface area (Å²) in [6.07, 6.45) is 0. The van der Waals surface area contributed by atoms with Crippen LogP contribution in [-0.2, 0) is 0 Å². The average Bonchev–Trinajstić information content (AvgIpc) is 3.40. The van der Waals surface area contributed by atoms with Gasteiger partial charge < -0.3 is 4.57 Å². The van der Waals surface area contributed by atoms with E-state index in [1.54, 1.807) is 0 Å². The van der Waals surface area contributed by atoms with Crippen LogP contribution in [0.15, 0.2) is 109 Å². The third-order valence-corrected chi connectivity index (χ3v) is 7.90. The molecule has 1 nitrogen and oxygen atoms in total. The van der Waals surface area contributed by atoms with Crippen molar-refractivity contribution in [2.45, 2.75) is 0 Å². The average molecular weight is 460 g/mol. The smallest absolute Gasteiger partial charge is 0.0541 e. The van der Waals surface area contributed by atoms with Gasteiger partial charge >= 0.3 is 0 Å². The molecule has 7 aromatic rings. The Hall–Kier alpha value is -3.59. The molecule has 0 aliphatic carbocycles. The summed E-state index contributed by atoms with van der Waals surface area (Å²) in [6, 6.07) is 38.8. The molecule has 33 heavy (non-hydrogen) atoms. The van der Waals surface area contributed by atoms with Gasteiger partial charge in [0.15, 0.2) is 0 Å². The summed E-state index contributed by atoms with van der Waals surface area (Å²) in [5, 5.41) is 5.82. The molecule has 0 bridgehead atoms. The van der Waals surface area contributed by atoms with Gasteiger partial charge in [-0.25, -0.2) is 0 Å². The SMILES string of the molecule is Clc1cc(-c2ccc(-n3c4ccccc4c4ccccc43)cc2)c2sc3ccccc3c2c1. The van der Waals surface area contributed by atoms with E-state index >= 15 is 0 Å². The molecule has 0 aliphatic rings. The lowest BCUT2D eigenvalue weighted by atomic mass is 10.0. The Balaban J connectivity index is 1.43. The standard InChI is InChI=1S/C30H18ClNS/c31-20-17-25(30-26(18-20)24-9-3-6-12-29(24)33-30)19-13-15-21(16-14-19)32-27-10-4-1-7-22(27)23-8-2-5-11-28(23)32/h1-18H. The first kappa shape index (κ1) is 18.9. The van der Waals surface area contributed by atoms with E-state index in [1.807, 2.05) is 11.3 Å². The molecule has 2 aromatic heterocycles. The molecule has 0 saturated carbocycles. The molecule has 7 rings (SSSR count). The summed E-state index contributed by atoms with van der Waals surface area (Å²) in [5.41, 5.74) is 5.97. The summed E-state index contributed by atoms with van der Waals surface area (Å²) in [4.78, 5) is 0. The Labute approximate surface area is 200 Å². The molecule has 0 atom stereocenters. The Kier molecular flexibility index (Phi) is 4.14. The van der Waals surface area contributed by atoms with Crippen LogP contribution in [0.3, 0.4) is 0 Å². The van der Waals surface area contributed by atoms with Crippen LogP contribution in [0.25, 0.3) is 58.8 Å². The van der Waals surface area contributed by atoms with Crippen LogP contribution in [0.1, 0.15) is 0 Å². The highest BCUT2D eigenvalue weighted by Gasteiger charge is 2.14. The number of hydrogen-bond acceptors (Lipinski definition) is 1. The molecule has 0 fully saturated rings. The van der Waals surface area contributed by atoms with E-state index in [0.29, 0.717) is 0 Å². The highest BCUT2D eigenvalue weighted by atomic mass is 35.5. The Morgan fingerprint density at radius 3 is 1.88 bits per heavy atom. The molecule has 0 unspecified atom stereocenters. The normalized spacial score (nSPS) is 11.8. The molecule has 0 spiro atoms. The van der Waals surface area contributed by atoms with E-state index in [-0.39, 0.29) is 0 Å². The molecule has 156 valence electrons. The predicted molar refractivity (Wildman–Crippen MR) is 144 cm³/mol. The first-order valence-corrected chi connectivity index (χ1v) is 12.2. The minimum absolute atomic E-state index is 0.771. The number of halogens is 1. The second-order valence-corrected chi connectivity index (χ2v) is 9.83. The van der Waals surface area contributed by atoms with Crippen LogP contribution < -0.4 is 0 Å². The van der Waals surface area contributed by atoms with Crippen molar-refractivity contribution < 1.29 is 0 Å². The van der Waals surface area contributed by atoms with Gasteiger partial charge in [0.25, 0.3) is 0 Å². The van der Waals surface area contributed by atoms with Crippen LogP contribution in [0.2, 0.25) is 5.02 Å². The van der Waals surface area contributed by atoms with Crippen molar-refractivity contribution in [3.05, 3.63) is 114 Å². The van der Waals surface area contributed by atoms with Gasteiger partial charge in [0.05, 0.1) is 11.0 Å². The zero-order chi connectivity index (χ0) is 21.9. The van der Waals surface area contributed by atoms with Gasteiger partial charge in [-0.05, 0) is 48.0 Å². The Morgan fingerprint density at radius 1 is 0.576 bits per heavy atom. The van der Waals surface area contributed by atoms with E-state index in [2.05, 4.69) is 114 Å². The quantitative estimate of drug-likeness (QED) is 0.242. The number of aromatic nitrogens is 1. The van der Waals surface area contributed by atoms with Crippen molar-refractivity contribution in [3.8, 4) is 16.8 Å². The van der Waals surface area contributed by atoms with Crippen molar-refractivity contribution in [1.82, 2.24) is 4.57 Å². The number of hydrogen-bond donors (Lipinski definition) is 0. The third-order valence-electron chi connectivity index (χ3n) is 6.46. The Bertz CT molecular complexity index is 1770. The number of rotatable bonds is 2. The highest BCUT2D eigenvalue weighted by Crippen LogP contribution is 2.42. The van der Waals surface area contributed by atoms with E-state index in [0.717, 1.165) is 10.7 Å². The lowest BCUT2D eigenvalue weighted by Crippen LogP contribution is -1.93. The van der Waals surface area contributed by atoms with Gasteiger partial charge in [0, 0.05) is 47.2 Å². The lowest BCUT2D eigenvalue weighted by Gasteiger charge is -2.10. The summed E-state index contributed by atoms with van der Waals surface area (Å²) in [7, 11) is 0. The molecular weight excluding hydrogens is 442 g/mol. The summed E-state index contributed by atoms with van der Waals surface area (Å²) < 4.78 is 4.92. The minimum Gasteiger partial charge on any atom is -0.309 e. The zero-order valence-electron chi connectivity index (χ0n) is 17.6. The fourth-order valence-corrected chi connectivity index (χ4v) is 6.44.